The molecule has 1 N–H and O–H groups in total. The summed E-state index contributed by atoms with van der Waals surface area (Å²) >= 11 is 0. The van der Waals surface area contributed by atoms with E-state index in [1.807, 2.05) is 11.0 Å². The molecule has 116 valence electrons. The van der Waals surface area contributed by atoms with E-state index in [9.17, 15) is 13.2 Å². The number of carbonyl (C=O) groups is 1. The third-order valence-corrected chi connectivity index (χ3v) is 5.74. The molecule has 1 aromatic rings. The first-order valence-corrected chi connectivity index (χ1v) is 8.35. The SMILES string of the molecule is Cc1ccccc1S(=O)(=O)N1CCN(CCC(=O)O)CC1. The summed E-state index contributed by atoms with van der Waals surface area (Å²) in [5.74, 6) is -0.829. The number of aryl methyl sites for hydroxylation is 1. The van der Waals surface area contributed by atoms with Gasteiger partial charge in [0, 0.05) is 32.7 Å². The second-order valence-electron chi connectivity index (χ2n) is 5.15. The summed E-state index contributed by atoms with van der Waals surface area (Å²) in [5.41, 5.74) is 0.741. The van der Waals surface area contributed by atoms with Gasteiger partial charge in [-0.15, -0.1) is 0 Å². The van der Waals surface area contributed by atoms with Crippen LogP contribution >= 0.6 is 0 Å². The number of carboxylic acid groups (broad SMARTS) is 1. The van der Waals surface area contributed by atoms with Crippen molar-refractivity contribution in [3.63, 3.8) is 0 Å². The van der Waals surface area contributed by atoms with Gasteiger partial charge in [0.1, 0.15) is 0 Å². The highest BCUT2D eigenvalue weighted by atomic mass is 32.2. The maximum absolute atomic E-state index is 12.6. The molecule has 0 bridgehead atoms. The number of hydrogen-bond acceptors (Lipinski definition) is 4. The van der Waals surface area contributed by atoms with Gasteiger partial charge in [0.25, 0.3) is 0 Å². The van der Waals surface area contributed by atoms with Crippen molar-refractivity contribution in [2.24, 2.45) is 0 Å². The summed E-state index contributed by atoms with van der Waals surface area (Å²) < 4.78 is 26.7. The summed E-state index contributed by atoms with van der Waals surface area (Å²) in [6.07, 6.45) is 0.0878. The van der Waals surface area contributed by atoms with Crippen molar-refractivity contribution >= 4 is 16.0 Å². The first kappa shape index (κ1) is 15.9. The fourth-order valence-corrected chi connectivity index (χ4v) is 4.08. The quantitative estimate of drug-likeness (QED) is 0.869. The van der Waals surface area contributed by atoms with Gasteiger partial charge in [0.15, 0.2) is 0 Å². The number of carboxylic acids is 1. The number of sulfonamides is 1. The zero-order valence-electron chi connectivity index (χ0n) is 12.0. The average molecular weight is 312 g/mol. The lowest BCUT2D eigenvalue weighted by Gasteiger charge is -2.33. The van der Waals surface area contributed by atoms with Gasteiger partial charge < -0.3 is 10.0 Å². The fraction of sp³-hybridized carbons (Fsp3) is 0.500. The summed E-state index contributed by atoms with van der Waals surface area (Å²) in [4.78, 5) is 12.9. The Morgan fingerprint density at radius 1 is 1.19 bits per heavy atom. The van der Waals surface area contributed by atoms with Gasteiger partial charge in [-0.3, -0.25) is 4.79 Å². The standard InChI is InChI=1S/C14H20N2O4S/c1-12-4-2-3-5-13(12)21(19,20)16-10-8-15(9-11-16)7-6-14(17)18/h2-5H,6-11H2,1H3,(H,17,18). The highest BCUT2D eigenvalue weighted by Crippen LogP contribution is 2.20. The van der Waals surface area contributed by atoms with Crippen molar-refractivity contribution < 1.29 is 18.3 Å². The number of nitrogens with zero attached hydrogens (tertiary/aromatic N) is 2. The van der Waals surface area contributed by atoms with E-state index in [1.54, 1.807) is 25.1 Å². The Morgan fingerprint density at radius 2 is 1.81 bits per heavy atom. The number of piperazine rings is 1. The number of rotatable bonds is 5. The highest BCUT2D eigenvalue weighted by molar-refractivity contribution is 7.89. The van der Waals surface area contributed by atoms with E-state index in [1.165, 1.54) is 4.31 Å². The molecule has 1 saturated heterocycles. The van der Waals surface area contributed by atoms with Gasteiger partial charge in [-0.1, -0.05) is 18.2 Å². The first-order valence-electron chi connectivity index (χ1n) is 6.91. The van der Waals surface area contributed by atoms with Gasteiger partial charge >= 0.3 is 5.97 Å². The fourth-order valence-electron chi connectivity index (χ4n) is 2.43. The van der Waals surface area contributed by atoms with Gasteiger partial charge in [-0.05, 0) is 18.6 Å². The normalized spacial score (nSPS) is 17.8. The van der Waals surface area contributed by atoms with Crippen molar-refractivity contribution in [3.8, 4) is 0 Å². The molecule has 0 saturated carbocycles. The first-order chi connectivity index (χ1) is 9.91. The van der Waals surface area contributed by atoms with Crippen LogP contribution in [0.1, 0.15) is 12.0 Å². The Kier molecular flexibility index (Phi) is 4.97. The molecule has 1 aromatic carbocycles. The molecule has 0 spiro atoms. The monoisotopic (exact) mass is 312 g/mol. The molecule has 7 heteroatoms. The van der Waals surface area contributed by atoms with E-state index in [0.717, 1.165) is 5.56 Å². The van der Waals surface area contributed by atoms with E-state index >= 15 is 0 Å². The maximum Gasteiger partial charge on any atom is 0.304 e. The molecule has 1 heterocycles. The predicted octanol–water partition coefficient (Wildman–Crippen LogP) is 0.776. The van der Waals surface area contributed by atoms with Crippen LogP contribution in [0.15, 0.2) is 29.2 Å². The van der Waals surface area contributed by atoms with Crippen molar-refractivity contribution in [2.45, 2.75) is 18.2 Å². The van der Waals surface area contributed by atoms with E-state index in [2.05, 4.69) is 0 Å². The lowest BCUT2D eigenvalue weighted by molar-refractivity contribution is -0.137. The molecule has 0 aliphatic carbocycles. The second kappa shape index (κ2) is 6.55. The molecule has 0 radical (unpaired) electrons. The summed E-state index contributed by atoms with van der Waals surface area (Å²) in [6, 6.07) is 6.96. The van der Waals surface area contributed by atoms with Crippen molar-refractivity contribution in [1.29, 1.82) is 0 Å². The van der Waals surface area contributed by atoms with Crippen LogP contribution in [-0.2, 0) is 14.8 Å². The predicted molar refractivity (Wildman–Crippen MR) is 78.6 cm³/mol. The van der Waals surface area contributed by atoms with E-state index in [-0.39, 0.29) is 6.42 Å². The van der Waals surface area contributed by atoms with Crippen LogP contribution in [0.2, 0.25) is 0 Å². The number of benzene rings is 1. The van der Waals surface area contributed by atoms with Gasteiger partial charge in [0.05, 0.1) is 11.3 Å². The summed E-state index contributed by atoms with van der Waals surface area (Å²) in [7, 11) is -3.46. The molecule has 0 atom stereocenters. The zero-order valence-corrected chi connectivity index (χ0v) is 12.8. The van der Waals surface area contributed by atoms with Gasteiger partial charge in [0.2, 0.25) is 10.0 Å². The van der Waals surface area contributed by atoms with Crippen LogP contribution in [-0.4, -0.2) is 61.4 Å². The Bertz CT molecular complexity index is 607. The smallest absolute Gasteiger partial charge is 0.304 e. The van der Waals surface area contributed by atoms with Gasteiger partial charge in [-0.25, -0.2) is 8.42 Å². The topological polar surface area (TPSA) is 77.9 Å². The molecule has 6 nitrogen and oxygen atoms in total. The Morgan fingerprint density at radius 3 is 2.38 bits per heavy atom. The minimum atomic E-state index is -3.46. The van der Waals surface area contributed by atoms with Crippen LogP contribution in [0, 0.1) is 6.92 Å². The lowest BCUT2D eigenvalue weighted by atomic mass is 10.2. The Hall–Kier alpha value is -1.44. The van der Waals surface area contributed by atoms with Crippen LogP contribution < -0.4 is 0 Å². The molecule has 0 unspecified atom stereocenters. The minimum absolute atomic E-state index is 0.0878. The third-order valence-electron chi connectivity index (χ3n) is 3.68. The third kappa shape index (κ3) is 3.81. The molecule has 0 amide bonds. The van der Waals surface area contributed by atoms with Crippen LogP contribution in [0.4, 0.5) is 0 Å². The molecule has 1 aliphatic rings. The van der Waals surface area contributed by atoms with Crippen LogP contribution in [0.25, 0.3) is 0 Å². The molecular weight excluding hydrogens is 292 g/mol. The average Bonchev–Trinajstić information content (AvgIpc) is 2.46. The summed E-state index contributed by atoms with van der Waals surface area (Å²) in [6.45, 7) is 4.19. The van der Waals surface area contributed by atoms with Crippen LogP contribution in [0.3, 0.4) is 0 Å². The molecule has 1 fully saturated rings. The lowest BCUT2D eigenvalue weighted by Crippen LogP contribution is -2.49. The van der Waals surface area contributed by atoms with Gasteiger partial charge in [-0.2, -0.15) is 4.31 Å². The molecule has 0 aromatic heterocycles. The van der Waals surface area contributed by atoms with E-state index in [4.69, 9.17) is 5.11 Å². The van der Waals surface area contributed by atoms with Crippen molar-refractivity contribution in [3.05, 3.63) is 29.8 Å². The van der Waals surface area contributed by atoms with E-state index in [0.29, 0.717) is 37.6 Å². The second-order valence-corrected chi connectivity index (χ2v) is 7.06. The zero-order chi connectivity index (χ0) is 15.5. The highest BCUT2D eigenvalue weighted by Gasteiger charge is 2.29. The Labute approximate surface area is 125 Å². The minimum Gasteiger partial charge on any atom is -0.481 e. The van der Waals surface area contributed by atoms with Crippen molar-refractivity contribution in [2.75, 3.05) is 32.7 Å². The molecule has 2 rings (SSSR count). The maximum atomic E-state index is 12.6. The number of hydrogen-bond donors (Lipinski definition) is 1. The number of aliphatic carboxylic acids is 1. The Balaban J connectivity index is 2.01. The molecule has 1 aliphatic heterocycles. The largest absolute Gasteiger partial charge is 0.481 e. The van der Waals surface area contributed by atoms with Crippen LogP contribution in [0.5, 0.6) is 0 Å². The summed E-state index contributed by atoms with van der Waals surface area (Å²) in [5, 5.41) is 8.67. The molecule has 21 heavy (non-hydrogen) atoms. The van der Waals surface area contributed by atoms with E-state index < -0.39 is 16.0 Å². The van der Waals surface area contributed by atoms with Crippen molar-refractivity contribution in [1.82, 2.24) is 9.21 Å². The molecular formula is C14H20N2O4S.